The third kappa shape index (κ3) is 9.89. The molecular formula is C21H40O2SiSn. The first kappa shape index (κ1) is 24.8. The normalized spacial score (nSPS) is 12.5. The first-order valence-corrected chi connectivity index (χ1v) is 21.1. The molecule has 0 amide bonds. The predicted octanol–water partition coefficient (Wildman–Crippen LogP) is 6.35. The summed E-state index contributed by atoms with van der Waals surface area (Å²) in [7, 11) is 0.0873. The summed E-state index contributed by atoms with van der Waals surface area (Å²) < 4.78 is 10.0. The van der Waals surface area contributed by atoms with Crippen molar-refractivity contribution in [2.45, 2.75) is 92.2 Å². The molecule has 0 bridgehead atoms. The molecular weight excluding hydrogens is 431 g/mol. The van der Waals surface area contributed by atoms with Crippen LogP contribution in [0.3, 0.4) is 0 Å². The van der Waals surface area contributed by atoms with Crippen LogP contribution in [0.25, 0.3) is 0 Å². The first-order chi connectivity index (χ1) is 11.8. The number of carbonyl (C=O) groups excluding carboxylic acids is 1. The van der Waals surface area contributed by atoms with E-state index in [0.29, 0.717) is 0 Å². The van der Waals surface area contributed by atoms with E-state index in [1.54, 1.807) is 0 Å². The van der Waals surface area contributed by atoms with Crippen LogP contribution in [0.1, 0.15) is 59.3 Å². The summed E-state index contributed by atoms with van der Waals surface area (Å²) in [6.45, 7) is 13.5. The molecule has 0 aromatic rings. The van der Waals surface area contributed by atoms with E-state index in [4.69, 9.17) is 4.74 Å². The molecule has 4 heteroatoms. The Morgan fingerprint density at radius 3 is 1.72 bits per heavy atom. The fraction of sp³-hybridized carbons (Fsp3) is 0.762. The Morgan fingerprint density at radius 2 is 1.40 bits per heavy atom. The second-order valence-electron chi connectivity index (χ2n) is 8.16. The topological polar surface area (TPSA) is 26.3 Å². The molecule has 0 aliphatic carbocycles. The minimum atomic E-state index is -2.78. The Kier molecular flexibility index (Phi) is 12.9. The fourth-order valence-electron chi connectivity index (χ4n) is 3.19. The minimum absolute atomic E-state index is 0.0935. The van der Waals surface area contributed by atoms with Gasteiger partial charge < -0.3 is 0 Å². The molecule has 2 nitrogen and oxygen atoms in total. The molecule has 0 aromatic heterocycles. The van der Waals surface area contributed by atoms with Gasteiger partial charge in [-0.2, -0.15) is 0 Å². The Morgan fingerprint density at radius 1 is 0.960 bits per heavy atom. The van der Waals surface area contributed by atoms with Gasteiger partial charge in [-0.15, -0.1) is 0 Å². The SMILES string of the molecule is CCC[CH2][Sn]([CH2]CCC)([CH2]CCC)/[C](=C\C#C[Si](C)(C)C)C(=O)OC. The quantitative estimate of drug-likeness (QED) is 0.152. The van der Waals surface area contributed by atoms with Crippen LogP contribution in [0.15, 0.2) is 9.67 Å². The van der Waals surface area contributed by atoms with Gasteiger partial charge in [0.1, 0.15) is 0 Å². The molecule has 144 valence electrons. The third-order valence-corrected chi connectivity index (χ3v) is 21.0. The van der Waals surface area contributed by atoms with Crippen LogP contribution in [-0.4, -0.2) is 39.5 Å². The average molecular weight is 471 g/mol. The fourth-order valence-corrected chi connectivity index (χ4v) is 19.6. The van der Waals surface area contributed by atoms with Crippen molar-refractivity contribution in [1.82, 2.24) is 0 Å². The Bertz CT molecular complexity index is 459. The van der Waals surface area contributed by atoms with E-state index >= 15 is 0 Å². The van der Waals surface area contributed by atoms with Crippen molar-refractivity contribution < 1.29 is 9.53 Å². The second kappa shape index (κ2) is 13.0. The van der Waals surface area contributed by atoms with Crippen LogP contribution in [0.5, 0.6) is 0 Å². The summed E-state index contributed by atoms with van der Waals surface area (Å²) in [4.78, 5) is 12.7. The molecule has 0 aliphatic rings. The maximum atomic E-state index is 12.7. The first-order valence-electron chi connectivity index (χ1n) is 10.1. The summed E-state index contributed by atoms with van der Waals surface area (Å²) in [6.07, 6.45) is 9.29. The van der Waals surface area contributed by atoms with E-state index in [1.807, 2.05) is 6.08 Å². The van der Waals surface area contributed by atoms with E-state index in [-0.39, 0.29) is 5.97 Å². The number of ether oxygens (including phenoxy) is 1. The van der Waals surface area contributed by atoms with Crippen molar-refractivity contribution in [3.05, 3.63) is 9.67 Å². The van der Waals surface area contributed by atoms with Crippen molar-refractivity contribution in [3.8, 4) is 11.5 Å². The summed E-state index contributed by atoms with van der Waals surface area (Å²) in [6, 6.07) is 0. The summed E-state index contributed by atoms with van der Waals surface area (Å²) >= 11 is -2.78. The van der Waals surface area contributed by atoms with Gasteiger partial charge in [0, 0.05) is 0 Å². The van der Waals surface area contributed by atoms with Gasteiger partial charge in [-0.25, -0.2) is 0 Å². The van der Waals surface area contributed by atoms with Gasteiger partial charge in [-0.05, 0) is 0 Å². The van der Waals surface area contributed by atoms with Crippen molar-refractivity contribution in [2.75, 3.05) is 7.11 Å². The number of rotatable bonds is 11. The third-order valence-electron chi connectivity index (χ3n) is 4.67. The average Bonchev–Trinajstić information content (AvgIpc) is 2.57. The van der Waals surface area contributed by atoms with Gasteiger partial charge in [-0.1, -0.05) is 0 Å². The molecule has 0 atom stereocenters. The maximum absolute atomic E-state index is 12.7. The van der Waals surface area contributed by atoms with Crippen molar-refractivity contribution in [3.63, 3.8) is 0 Å². The van der Waals surface area contributed by atoms with E-state index < -0.39 is 26.5 Å². The predicted molar refractivity (Wildman–Crippen MR) is 116 cm³/mol. The molecule has 25 heavy (non-hydrogen) atoms. The second-order valence-corrected chi connectivity index (χ2v) is 26.0. The van der Waals surface area contributed by atoms with Gasteiger partial charge in [0.05, 0.1) is 0 Å². The Balaban J connectivity index is 6.01. The monoisotopic (exact) mass is 472 g/mol. The molecule has 0 rings (SSSR count). The van der Waals surface area contributed by atoms with E-state index in [9.17, 15) is 4.79 Å². The van der Waals surface area contributed by atoms with Gasteiger partial charge in [0.25, 0.3) is 0 Å². The number of hydrogen-bond donors (Lipinski definition) is 0. The molecule has 0 aromatic carbocycles. The van der Waals surface area contributed by atoms with Crippen molar-refractivity contribution in [2.24, 2.45) is 0 Å². The van der Waals surface area contributed by atoms with Crippen LogP contribution in [-0.2, 0) is 9.53 Å². The molecule has 0 fully saturated rings. The molecule has 0 saturated heterocycles. The standard InChI is InChI=1S/C9H13O2Si.3C4H9.Sn/c1-11-9(10)7-5-6-8-12(2,3)4;3*1-3-4-2;/h5H,1-4H3;3*1,3-4H2,2H3;. The number of esters is 1. The van der Waals surface area contributed by atoms with E-state index in [1.165, 1.54) is 58.9 Å². The molecule has 0 radical (unpaired) electrons. The number of allylic oxidation sites excluding steroid dienone is 1. The molecule has 0 heterocycles. The zero-order chi connectivity index (χ0) is 19.3. The number of methoxy groups -OCH3 is 1. The van der Waals surface area contributed by atoms with E-state index in [2.05, 4.69) is 51.9 Å². The van der Waals surface area contributed by atoms with Crippen LogP contribution in [0, 0.1) is 11.5 Å². The van der Waals surface area contributed by atoms with Crippen LogP contribution >= 0.6 is 0 Å². The van der Waals surface area contributed by atoms with Gasteiger partial charge in [0.2, 0.25) is 0 Å². The summed E-state index contributed by atoms with van der Waals surface area (Å²) in [5, 5.41) is 0. The van der Waals surface area contributed by atoms with Crippen molar-refractivity contribution in [1.29, 1.82) is 0 Å². The Labute approximate surface area is 162 Å². The zero-order valence-electron chi connectivity index (χ0n) is 17.8. The van der Waals surface area contributed by atoms with Crippen molar-refractivity contribution >= 4 is 32.4 Å². The molecule has 0 N–H and O–H groups in total. The molecule has 0 spiro atoms. The molecule has 0 aliphatic heterocycles. The number of carbonyl (C=O) groups is 1. The van der Waals surface area contributed by atoms with Crippen LogP contribution < -0.4 is 0 Å². The number of hydrogen-bond acceptors (Lipinski definition) is 2. The number of unbranched alkanes of at least 4 members (excludes halogenated alkanes) is 3. The van der Waals surface area contributed by atoms with Gasteiger partial charge in [-0.3, -0.25) is 0 Å². The van der Waals surface area contributed by atoms with Crippen LogP contribution in [0.2, 0.25) is 33.0 Å². The summed E-state index contributed by atoms with van der Waals surface area (Å²) in [5.41, 5.74) is 3.41. The van der Waals surface area contributed by atoms with E-state index in [0.717, 1.165) is 3.59 Å². The van der Waals surface area contributed by atoms with Crippen LogP contribution in [0.4, 0.5) is 0 Å². The molecule has 0 saturated carbocycles. The molecule has 0 unspecified atom stereocenters. The zero-order valence-corrected chi connectivity index (χ0v) is 21.6. The Hall–Kier alpha value is -0.214. The summed E-state index contributed by atoms with van der Waals surface area (Å²) in [5.74, 6) is 3.18. The van der Waals surface area contributed by atoms with Gasteiger partial charge >= 0.3 is 162 Å². The van der Waals surface area contributed by atoms with Gasteiger partial charge in [0.15, 0.2) is 0 Å².